The Labute approximate surface area is 115 Å². The molecule has 106 valence electrons. The zero-order valence-electron chi connectivity index (χ0n) is 13.6. The fourth-order valence-electron chi connectivity index (χ4n) is 5.74. The van der Waals surface area contributed by atoms with Crippen molar-refractivity contribution < 1.29 is 0 Å². The van der Waals surface area contributed by atoms with Crippen molar-refractivity contribution in [2.45, 2.75) is 61.3 Å². The zero-order chi connectivity index (χ0) is 13.6. The maximum absolute atomic E-state index is 2.55. The van der Waals surface area contributed by atoms with Gasteiger partial charge in [-0.1, -0.05) is 61.3 Å². The van der Waals surface area contributed by atoms with Crippen LogP contribution in [0.25, 0.3) is 0 Å². The van der Waals surface area contributed by atoms with Crippen LogP contribution in [0.3, 0.4) is 0 Å². The molecule has 0 aromatic rings. The molecule has 0 bridgehead atoms. The van der Waals surface area contributed by atoms with Crippen LogP contribution in [0.2, 0.25) is 0 Å². The van der Waals surface area contributed by atoms with Crippen LogP contribution in [0.4, 0.5) is 0 Å². The Morgan fingerprint density at radius 2 is 1.00 bits per heavy atom. The third kappa shape index (κ3) is 1.95. The van der Waals surface area contributed by atoms with Gasteiger partial charge in [-0.15, -0.1) is 0 Å². The molecule has 0 N–H and O–H groups in total. The Kier molecular flexibility index (Phi) is 4.14. The van der Waals surface area contributed by atoms with Gasteiger partial charge < -0.3 is 0 Å². The Morgan fingerprint density at radius 3 is 1.50 bits per heavy atom. The van der Waals surface area contributed by atoms with Crippen LogP contribution >= 0.6 is 0 Å². The Hall–Kier alpha value is 0. The number of fused-ring (bicyclic) bond motifs is 1. The first-order valence-corrected chi connectivity index (χ1v) is 8.41. The van der Waals surface area contributed by atoms with Crippen LogP contribution < -0.4 is 0 Å². The van der Waals surface area contributed by atoms with Crippen LogP contribution in [0, 0.1) is 53.3 Å². The molecular formula is C18H34. The lowest BCUT2D eigenvalue weighted by molar-refractivity contribution is -0.00143. The molecule has 18 heavy (non-hydrogen) atoms. The van der Waals surface area contributed by atoms with Gasteiger partial charge in [-0.25, -0.2) is 0 Å². The molecule has 0 heterocycles. The predicted octanol–water partition coefficient (Wildman–Crippen LogP) is 5.48. The van der Waals surface area contributed by atoms with E-state index in [4.69, 9.17) is 0 Å². The molecule has 0 saturated heterocycles. The fraction of sp³-hybridized carbons (Fsp3) is 1.00. The standard InChI is InChI=1S/C18H34/c1-8-9-16-12(4)15(7)17-13(5)10(2)11(3)14(6)18(16)17/h10-18H,8-9H2,1-7H3. The molecular weight excluding hydrogens is 216 g/mol. The van der Waals surface area contributed by atoms with Gasteiger partial charge in [0, 0.05) is 0 Å². The second-order valence-corrected chi connectivity index (χ2v) is 7.76. The van der Waals surface area contributed by atoms with E-state index in [0.717, 1.165) is 53.3 Å². The third-order valence-electron chi connectivity index (χ3n) is 7.37. The maximum atomic E-state index is 2.55. The third-order valence-corrected chi connectivity index (χ3v) is 7.37. The normalized spacial score (nSPS) is 56.5. The van der Waals surface area contributed by atoms with Crippen LogP contribution in [0.1, 0.15) is 61.3 Å². The van der Waals surface area contributed by atoms with Gasteiger partial charge in [-0.2, -0.15) is 0 Å². The fourth-order valence-corrected chi connectivity index (χ4v) is 5.74. The molecule has 2 saturated carbocycles. The average Bonchev–Trinajstić information content (AvgIpc) is 2.59. The van der Waals surface area contributed by atoms with Gasteiger partial charge >= 0.3 is 0 Å². The molecule has 0 heteroatoms. The van der Waals surface area contributed by atoms with Crippen molar-refractivity contribution in [2.24, 2.45) is 53.3 Å². The van der Waals surface area contributed by atoms with Gasteiger partial charge in [-0.3, -0.25) is 0 Å². The molecule has 0 nitrogen and oxygen atoms in total. The van der Waals surface area contributed by atoms with E-state index >= 15 is 0 Å². The van der Waals surface area contributed by atoms with Gasteiger partial charge in [0.15, 0.2) is 0 Å². The summed E-state index contributed by atoms with van der Waals surface area (Å²) >= 11 is 0. The van der Waals surface area contributed by atoms with Gasteiger partial charge in [0.2, 0.25) is 0 Å². The summed E-state index contributed by atoms with van der Waals surface area (Å²) in [6.07, 6.45) is 2.83. The first-order chi connectivity index (χ1) is 8.41. The summed E-state index contributed by atoms with van der Waals surface area (Å²) in [7, 11) is 0. The summed E-state index contributed by atoms with van der Waals surface area (Å²) in [5.41, 5.74) is 0. The highest BCUT2D eigenvalue weighted by molar-refractivity contribution is 5.02. The Morgan fingerprint density at radius 1 is 0.556 bits per heavy atom. The minimum absolute atomic E-state index is 0.913. The van der Waals surface area contributed by atoms with Crippen molar-refractivity contribution in [1.29, 1.82) is 0 Å². The van der Waals surface area contributed by atoms with Gasteiger partial charge in [0.05, 0.1) is 0 Å². The van der Waals surface area contributed by atoms with Gasteiger partial charge in [-0.05, 0) is 53.3 Å². The van der Waals surface area contributed by atoms with Crippen LogP contribution in [0.5, 0.6) is 0 Å². The molecule has 2 rings (SSSR count). The van der Waals surface area contributed by atoms with E-state index in [1.165, 1.54) is 12.8 Å². The van der Waals surface area contributed by atoms with E-state index in [1.54, 1.807) is 0 Å². The highest BCUT2D eigenvalue weighted by atomic mass is 14.6. The highest BCUT2D eigenvalue weighted by Gasteiger charge is 2.54. The summed E-state index contributed by atoms with van der Waals surface area (Å²) in [4.78, 5) is 0. The summed E-state index contributed by atoms with van der Waals surface area (Å²) in [6, 6.07) is 0. The molecule has 9 atom stereocenters. The summed E-state index contributed by atoms with van der Waals surface area (Å²) in [6.45, 7) is 17.6. The van der Waals surface area contributed by atoms with E-state index in [2.05, 4.69) is 48.5 Å². The lowest BCUT2D eigenvalue weighted by atomic mass is 9.57. The van der Waals surface area contributed by atoms with Crippen LogP contribution in [-0.4, -0.2) is 0 Å². The first kappa shape index (κ1) is 14.4. The molecule has 0 spiro atoms. The van der Waals surface area contributed by atoms with E-state index in [-0.39, 0.29) is 0 Å². The molecule has 0 aromatic heterocycles. The number of hydrogen-bond acceptors (Lipinski definition) is 0. The van der Waals surface area contributed by atoms with Crippen LogP contribution in [-0.2, 0) is 0 Å². The Balaban J connectivity index is 2.31. The largest absolute Gasteiger partial charge is 0.0654 e. The van der Waals surface area contributed by atoms with E-state index in [1.807, 2.05) is 0 Å². The van der Waals surface area contributed by atoms with Crippen LogP contribution in [0.15, 0.2) is 0 Å². The number of rotatable bonds is 2. The zero-order valence-corrected chi connectivity index (χ0v) is 13.6. The molecule has 0 amide bonds. The lowest BCUT2D eigenvalue weighted by Crippen LogP contribution is -2.43. The SMILES string of the molecule is CCCC1C(C)C(C)C2C(C)C(C)C(C)C(C)C12. The van der Waals surface area contributed by atoms with Crippen molar-refractivity contribution >= 4 is 0 Å². The van der Waals surface area contributed by atoms with E-state index in [9.17, 15) is 0 Å². The molecule has 2 aliphatic rings. The maximum Gasteiger partial charge on any atom is -0.0321 e. The monoisotopic (exact) mass is 250 g/mol. The summed E-state index contributed by atoms with van der Waals surface area (Å²) < 4.78 is 0. The molecule has 0 aromatic carbocycles. The summed E-state index contributed by atoms with van der Waals surface area (Å²) in [5.74, 6) is 8.60. The molecule has 2 aliphatic carbocycles. The predicted molar refractivity (Wildman–Crippen MR) is 80.4 cm³/mol. The minimum Gasteiger partial charge on any atom is -0.0654 e. The molecule has 2 fully saturated rings. The molecule has 0 aliphatic heterocycles. The summed E-state index contributed by atoms with van der Waals surface area (Å²) in [5, 5.41) is 0. The average molecular weight is 250 g/mol. The van der Waals surface area contributed by atoms with Crippen molar-refractivity contribution in [3.05, 3.63) is 0 Å². The minimum atomic E-state index is 0.913. The highest BCUT2D eigenvalue weighted by Crippen LogP contribution is 2.60. The number of hydrogen-bond donors (Lipinski definition) is 0. The van der Waals surface area contributed by atoms with Gasteiger partial charge in [0.25, 0.3) is 0 Å². The second-order valence-electron chi connectivity index (χ2n) is 7.76. The topological polar surface area (TPSA) is 0 Å². The first-order valence-electron chi connectivity index (χ1n) is 8.41. The van der Waals surface area contributed by atoms with E-state index in [0.29, 0.717) is 0 Å². The van der Waals surface area contributed by atoms with E-state index < -0.39 is 0 Å². The lowest BCUT2D eigenvalue weighted by Gasteiger charge is -2.48. The Bertz CT molecular complexity index is 282. The molecule has 0 radical (unpaired) electrons. The van der Waals surface area contributed by atoms with Crippen molar-refractivity contribution in [2.75, 3.05) is 0 Å². The van der Waals surface area contributed by atoms with Crippen molar-refractivity contribution in [3.8, 4) is 0 Å². The van der Waals surface area contributed by atoms with Gasteiger partial charge in [0.1, 0.15) is 0 Å². The van der Waals surface area contributed by atoms with Crippen molar-refractivity contribution in [3.63, 3.8) is 0 Å². The second kappa shape index (κ2) is 5.17. The van der Waals surface area contributed by atoms with Crippen molar-refractivity contribution in [1.82, 2.24) is 0 Å². The quantitative estimate of drug-likeness (QED) is 0.609. The smallest absolute Gasteiger partial charge is 0.0321 e. The molecule has 9 unspecified atom stereocenters.